The summed E-state index contributed by atoms with van der Waals surface area (Å²) in [4.78, 5) is 0. The third kappa shape index (κ3) is 3.09. The van der Waals surface area contributed by atoms with Crippen molar-refractivity contribution >= 4 is 11.6 Å². The Balaban J connectivity index is 2.32. The molecule has 0 spiro atoms. The summed E-state index contributed by atoms with van der Waals surface area (Å²) in [6, 6.07) is 4.07. The monoisotopic (exact) mass is 279 g/mol. The number of ether oxygens (including phenoxy) is 1. The Bertz CT molecular complexity index is 441. The lowest BCUT2D eigenvalue weighted by Gasteiger charge is -2.25. The molecule has 0 saturated heterocycles. The molecule has 1 fully saturated rings. The van der Waals surface area contributed by atoms with Gasteiger partial charge in [0.15, 0.2) is 0 Å². The molecule has 1 aliphatic rings. The average molecular weight is 280 g/mol. The summed E-state index contributed by atoms with van der Waals surface area (Å²) in [6.45, 7) is 0. The second kappa shape index (κ2) is 4.63. The van der Waals surface area contributed by atoms with Crippen molar-refractivity contribution in [3.05, 3.63) is 28.8 Å². The van der Waals surface area contributed by atoms with Crippen LogP contribution in [0.1, 0.15) is 31.2 Å². The highest BCUT2D eigenvalue weighted by Gasteiger charge is 2.34. The van der Waals surface area contributed by atoms with Gasteiger partial charge in [0.2, 0.25) is 0 Å². The molecule has 0 unspecified atom stereocenters. The summed E-state index contributed by atoms with van der Waals surface area (Å²) in [5, 5.41) is 0.198. The predicted molar refractivity (Wildman–Crippen MR) is 62.5 cm³/mol. The molecule has 2 nitrogen and oxygen atoms in total. The first-order valence-electron chi connectivity index (χ1n) is 5.64. The molecule has 0 bridgehead atoms. The standard InChI is InChI=1S/C12H13ClF3NO/c13-9-5-8(11(17)3-1-2-4-11)6-10(7-9)18-12(14,15)16/h5-7H,1-4,17H2. The topological polar surface area (TPSA) is 35.2 Å². The molecule has 1 aromatic rings. The van der Waals surface area contributed by atoms with E-state index in [1.54, 1.807) is 6.07 Å². The highest BCUT2D eigenvalue weighted by Crippen LogP contribution is 2.39. The quantitative estimate of drug-likeness (QED) is 0.889. The maximum Gasteiger partial charge on any atom is 0.573 e. The summed E-state index contributed by atoms with van der Waals surface area (Å²) in [7, 11) is 0. The normalized spacial score (nSPS) is 18.9. The summed E-state index contributed by atoms with van der Waals surface area (Å²) in [6.07, 6.45) is -1.28. The number of halogens is 4. The highest BCUT2D eigenvalue weighted by molar-refractivity contribution is 6.30. The molecule has 100 valence electrons. The Morgan fingerprint density at radius 3 is 2.33 bits per heavy atom. The van der Waals surface area contributed by atoms with Gasteiger partial charge in [0.1, 0.15) is 5.75 Å². The van der Waals surface area contributed by atoms with Gasteiger partial charge in [-0.15, -0.1) is 13.2 Å². The summed E-state index contributed by atoms with van der Waals surface area (Å²) in [5.74, 6) is -0.318. The van der Waals surface area contributed by atoms with Crippen molar-refractivity contribution in [1.82, 2.24) is 0 Å². The Kier molecular flexibility index (Phi) is 3.47. The van der Waals surface area contributed by atoms with Gasteiger partial charge in [-0.05, 0) is 36.6 Å². The van der Waals surface area contributed by atoms with E-state index < -0.39 is 11.9 Å². The zero-order valence-corrected chi connectivity index (χ0v) is 10.3. The Morgan fingerprint density at radius 2 is 1.78 bits per heavy atom. The zero-order chi connectivity index (χ0) is 13.4. The number of benzene rings is 1. The Morgan fingerprint density at radius 1 is 1.17 bits per heavy atom. The minimum absolute atomic E-state index is 0.198. The van der Waals surface area contributed by atoms with Crippen LogP contribution in [0.15, 0.2) is 18.2 Å². The predicted octanol–water partition coefficient (Wildman–Crippen LogP) is 3.97. The molecule has 1 saturated carbocycles. The van der Waals surface area contributed by atoms with E-state index in [1.807, 2.05) is 0 Å². The Hall–Kier alpha value is -0.940. The molecule has 0 atom stereocenters. The van der Waals surface area contributed by atoms with Gasteiger partial charge in [0.05, 0.1) is 0 Å². The van der Waals surface area contributed by atoms with Crippen molar-refractivity contribution in [3.63, 3.8) is 0 Å². The zero-order valence-electron chi connectivity index (χ0n) is 9.56. The molecule has 0 radical (unpaired) electrons. The van der Waals surface area contributed by atoms with Gasteiger partial charge in [-0.25, -0.2) is 0 Å². The molecule has 1 aliphatic carbocycles. The minimum Gasteiger partial charge on any atom is -0.406 e. The van der Waals surface area contributed by atoms with Gasteiger partial charge in [-0.3, -0.25) is 0 Å². The number of alkyl halides is 3. The summed E-state index contributed by atoms with van der Waals surface area (Å²) in [5.41, 5.74) is 6.20. The number of hydrogen-bond donors (Lipinski definition) is 1. The average Bonchev–Trinajstić information content (AvgIpc) is 2.63. The van der Waals surface area contributed by atoms with E-state index in [-0.39, 0.29) is 10.8 Å². The van der Waals surface area contributed by atoms with Crippen LogP contribution in [-0.4, -0.2) is 6.36 Å². The molecular formula is C12H13ClF3NO. The number of rotatable bonds is 2. The van der Waals surface area contributed by atoms with Crippen LogP contribution in [-0.2, 0) is 5.54 Å². The lowest BCUT2D eigenvalue weighted by Crippen LogP contribution is -2.33. The third-order valence-corrected chi connectivity index (χ3v) is 3.39. The van der Waals surface area contributed by atoms with Crippen molar-refractivity contribution < 1.29 is 17.9 Å². The van der Waals surface area contributed by atoms with Gasteiger partial charge in [-0.2, -0.15) is 0 Å². The van der Waals surface area contributed by atoms with Crippen LogP contribution in [0.2, 0.25) is 5.02 Å². The third-order valence-electron chi connectivity index (χ3n) is 3.18. The second-order valence-corrected chi connectivity index (χ2v) is 5.02. The van der Waals surface area contributed by atoms with Crippen molar-refractivity contribution in [2.45, 2.75) is 37.6 Å². The van der Waals surface area contributed by atoms with Crippen LogP contribution in [0, 0.1) is 0 Å². The lowest BCUT2D eigenvalue weighted by atomic mass is 9.89. The van der Waals surface area contributed by atoms with Crippen molar-refractivity contribution in [1.29, 1.82) is 0 Å². The molecule has 0 aliphatic heterocycles. The fraction of sp³-hybridized carbons (Fsp3) is 0.500. The van der Waals surface area contributed by atoms with E-state index in [0.29, 0.717) is 5.56 Å². The molecule has 0 heterocycles. The van der Waals surface area contributed by atoms with E-state index in [9.17, 15) is 13.2 Å². The van der Waals surface area contributed by atoms with Crippen LogP contribution >= 0.6 is 11.6 Å². The van der Waals surface area contributed by atoms with Gasteiger partial charge < -0.3 is 10.5 Å². The lowest BCUT2D eigenvalue weighted by molar-refractivity contribution is -0.274. The first-order valence-corrected chi connectivity index (χ1v) is 6.02. The largest absolute Gasteiger partial charge is 0.573 e. The van der Waals surface area contributed by atoms with Gasteiger partial charge in [0, 0.05) is 10.6 Å². The summed E-state index contributed by atoms with van der Waals surface area (Å²) >= 11 is 5.82. The molecule has 1 aromatic carbocycles. The molecule has 6 heteroatoms. The first kappa shape index (κ1) is 13.5. The summed E-state index contributed by atoms with van der Waals surface area (Å²) < 4.78 is 40.4. The fourth-order valence-electron chi connectivity index (χ4n) is 2.34. The van der Waals surface area contributed by atoms with Crippen molar-refractivity contribution in [3.8, 4) is 5.75 Å². The van der Waals surface area contributed by atoms with Gasteiger partial charge in [-0.1, -0.05) is 24.4 Å². The molecule has 2 rings (SSSR count). The maximum atomic E-state index is 12.2. The van der Waals surface area contributed by atoms with E-state index >= 15 is 0 Å². The van der Waals surface area contributed by atoms with Crippen LogP contribution in [0.3, 0.4) is 0 Å². The van der Waals surface area contributed by atoms with E-state index in [2.05, 4.69) is 4.74 Å². The Labute approximate surface area is 108 Å². The van der Waals surface area contributed by atoms with E-state index in [4.69, 9.17) is 17.3 Å². The van der Waals surface area contributed by atoms with Crippen LogP contribution in [0.5, 0.6) is 5.75 Å². The molecule has 0 amide bonds. The smallest absolute Gasteiger partial charge is 0.406 e. The molecule has 0 aromatic heterocycles. The second-order valence-electron chi connectivity index (χ2n) is 4.59. The van der Waals surface area contributed by atoms with Crippen molar-refractivity contribution in [2.75, 3.05) is 0 Å². The molecule has 2 N–H and O–H groups in total. The van der Waals surface area contributed by atoms with Gasteiger partial charge >= 0.3 is 6.36 Å². The number of hydrogen-bond acceptors (Lipinski definition) is 2. The van der Waals surface area contributed by atoms with E-state index in [1.165, 1.54) is 6.07 Å². The molecule has 18 heavy (non-hydrogen) atoms. The van der Waals surface area contributed by atoms with Crippen LogP contribution in [0.4, 0.5) is 13.2 Å². The fourth-order valence-corrected chi connectivity index (χ4v) is 2.56. The molecular weight excluding hydrogens is 267 g/mol. The van der Waals surface area contributed by atoms with Gasteiger partial charge in [0.25, 0.3) is 0 Å². The minimum atomic E-state index is -4.72. The number of nitrogens with two attached hydrogens (primary N) is 1. The SMILES string of the molecule is NC1(c2cc(Cl)cc(OC(F)(F)F)c2)CCCC1. The maximum absolute atomic E-state index is 12.2. The van der Waals surface area contributed by atoms with Crippen molar-refractivity contribution in [2.24, 2.45) is 5.73 Å². The first-order chi connectivity index (χ1) is 8.28. The highest BCUT2D eigenvalue weighted by atomic mass is 35.5. The van der Waals surface area contributed by atoms with E-state index in [0.717, 1.165) is 31.7 Å². The van der Waals surface area contributed by atoms with Crippen LogP contribution < -0.4 is 10.5 Å². The van der Waals surface area contributed by atoms with Crippen LogP contribution in [0.25, 0.3) is 0 Å².